The quantitative estimate of drug-likeness (QED) is 0.649. The van der Waals surface area contributed by atoms with E-state index in [4.69, 9.17) is 4.98 Å². The van der Waals surface area contributed by atoms with Gasteiger partial charge in [-0.25, -0.2) is 4.98 Å². The number of nitrogens with zero attached hydrogens (tertiary/aromatic N) is 3. The highest BCUT2D eigenvalue weighted by Crippen LogP contribution is 2.45. The Morgan fingerprint density at radius 1 is 0.963 bits per heavy atom. The van der Waals surface area contributed by atoms with Crippen molar-refractivity contribution in [2.45, 2.75) is 77.8 Å². The van der Waals surface area contributed by atoms with Gasteiger partial charge in [0.25, 0.3) is 0 Å². The minimum atomic E-state index is 0.152. The molecule has 0 radical (unpaired) electrons. The Morgan fingerprint density at radius 3 is 2.26 bits per heavy atom. The van der Waals surface area contributed by atoms with E-state index in [0.29, 0.717) is 0 Å². The van der Waals surface area contributed by atoms with Crippen molar-refractivity contribution >= 4 is 22.4 Å². The molecule has 0 amide bonds. The molecule has 0 bridgehead atoms. The predicted octanol–water partition coefficient (Wildman–Crippen LogP) is 6.02. The SMILES string of the molecule is CC1CCN(c2cc(N3C(C)(C)CCCC3(C)C)c3ccccc3n2)CC1. The van der Waals surface area contributed by atoms with E-state index in [0.717, 1.165) is 30.3 Å². The molecule has 2 fully saturated rings. The topological polar surface area (TPSA) is 19.4 Å². The first-order valence-corrected chi connectivity index (χ1v) is 10.7. The number of rotatable bonds is 2. The van der Waals surface area contributed by atoms with Gasteiger partial charge < -0.3 is 9.80 Å². The number of aromatic nitrogens is 1. The van der Waals surface area contributed by atoms with Crippen LogP contribution in [-0.4, -0.2) is 29.2 Å². The molecule has 2 aromatic rings. The van der Waals surface area contributed by atoms with E-state index in [2.05, 4.69) is 74.8 Å². The molecule has 0 spiro atoms. The Labute approximate surface area is 164 Å². The van der Waals surface area contributed by atoms with Crippen LogP contribution < -0.4 is 9.80 Å². The van der Waals surface area contributed by atoms with E-state index < -0.39 is 0 Å². The molecule has 0 aliphatic carbocycles. The maximum Gasteiger partial charge on any atom is 0.131 e. The second-order valence-electron chi connectivity index (χ2n) is 10.0. The molecule has 3 heterocycles. The van der Waals surface area contributed by atoms with Crippen molar-refractivity contribution in [1.29, 1.82) is 0 Å². The molecule has 0 saturated carbocycles. The summed E-state index contributed by atoms with van der Waals surface area (Å²) in [5.74, 6) is 1.99. The van der Waals surface area contributed by atoms with Gasteiger partial charge in [0.15, 0.2) is 0 Å². The molecule has 2 aliphatic rings. The first-order valence-electron chi connectivity index (χ1n) is 10.7. The van der Waals surface area contributed by atoms with Crippen molar-refractivity contribution in [3.05, 3.63) is 30.3 Å². The lowest BCUT2D eigenvalue weighted by atomic mass is 9.79. The average Bonchev–Trinajstić information content (AvgIpc) is 2.60. The summed E-state index contributed by atoms with van der Waals surface area (Å²) in [5, 5.41) is 1.29. The predicted molar refractivity (Wildman–Crippen MR) is 117 cm³/mol. The van der Waals surface area contributed by atoms with Gasteiger partial charge in [-0.05, 0) is 71.8 Å². The van der Waals surface area contributed by atoms with Gasteiger partial charge in [-0.1, -0.05) is 25.1 Å². The lowest BCUT2D eigenvalue weighted by molar-refractivity contribution is 0.245. The zero-order valence-electron chi connectivity index (χ0n) is 17.8. The molecule has 2 aliphatic heterocycles. The summed E-state index contributed by atoms with van der Waals surface area (Å²) >= 11 is 0. The Balaban J connectivity index is 1.86. The third kappa shape index (κ3) is 3.41. The summed E-state index contributed by atoms with van der Waals surface area (Å²) in [4.78, 5) is 10.3. The number of hydrogen-bond acceptors (Lipinski definition) is 3. The number of anilines is 2. The highest BCUT2D eigenvalue weighted by Gasteiger charge is 2.42. The van der Waals surface area contributed by atoms with Crippen molar-refractivity contribution in [3.8, 4) is 0 Å². The van der Waals surface area contributed by atoms with Crippen LogP contribution >= 0.6 is 0 Å². The van der Waals surface area contributed by atoms with Crippen molar-refractivity contribution in [3.63, 3.8) is 0 Å². The number of hydrogen-bond donors (Lipinski definition) is 0. The van der Waals surface area contributed by atoms with Gasteiger partial charge >= 0.3 is 0 Å². The Hall–Kier alpha value is -1.77. The van der Waals surface area contributed by atoms with Crippen molar-refractivity contribution in [2.24, 2.45) is 5.92 Å². The first kappa shape index (κ1) is 18.6. The molecule has 3 nitrogen and oxygen atoms in total. The van der Waals surface area contributed by atoms with Gasteiger partial charge in [0.2, 0.25) is 0 Å². The standard InChI is InChI=1S/C24H35N3/c1-18-11-15-26(16-12-18)22-17-21(19-9-6-7-10-20(19)25-22)27-23(2,3)13-8-14-24(27,4)5/h6-7,9-10,17-18H,8,11-16H2,1-5H3. The number of fused-ring (bicyclic) bond motifs is 1. The number of para-hydroxylation sites is 1. The largest absolute Gasteiger partial charge is 0.361 e. The second-order valence-corrected chi connectivity index (χ2v) is 10.0. The molecule has 0 N–H and O–H groups in total. The first-order chi connectivity index (χ1) is 12.8. The Kier molecular flexibility index (Phi) is 4.60. The molecule has 3 heteroatoms. The summed E-state index contributed by atoms with van der Waals surface area (Å²) in [6.07, 6.45) is 6.32. The third-order valence-corrected chi connectivity index (χ3v) is 6.82. The van der Waals surface area contributed by atoms with Gasteiger partial charge in [0, 0.05) is 35.6 Å². The van der Waals surface area contributed by atoms with Crippen molar-refractivity contribution in [2.75, 3.05) is 22.9 Å². The van der Waals surface area contributed by atoms with Crippen LogP contribution in [0.25, 0.3) is 10.9 Å². The van der Waals surface area contributed by atoms with E-state index >= 15 is 0 Å². The van der Waals surface area contributed by atoms with Gasteiger partial charge in [0.1, 0.15) is 5.82 Å². The van der Waals surface area contributed by atoms with Crippen LogP contribution in [0.15, 0.2) is 30.3 Å². The van der Waals surface area contributed by atoms with Gasteiger partial charge in [-0.15, -0.1) is 0 Å². The fourth-order valence-corrected chi connectivity index (χ4v) is 5.38. The molecule has 1 aromatic carbocycles. The average molecular weight is 366 g/mol. The highest BCUT2D eigenvalue weighted by atomic mass is 15.3. The summed E-state index contributed by atoms with van der Waals surface area (Å²) < 4.78 is 0. The number of pyridine rings is 1. The smallest absolute Gasteiger partial charge is 0.131 e. The number of benzene rings is 1. The van der Waals surface area contributed by atoms with Gasteiger partial charge in [-0.3, -0.25) is 0 Å². The van der Waals surface area contributed by atoms with Crippen LogP contribution in [0.1, 0.15) is 66.7 Å². The van der Waals surface area contributed by atoms with Crippen LogP contribution in [0.3, 0.4) is 0 Å². The van der Waals surface area contributed by atoms with Crippen LogP contribution in [-0.2, 0) is 0 Å². The molecule has 4 rings (SSSR count). The van der Waals surface area contributed by atoms with E-state index in [9.17, 15) is 0 Å². The second kappa shape index (κ2) is 6.68. The molecule has 2 saturated heterocycles. The molecule has 27 heavy (non-hydrogen) atoms. The number of piperidine rings is 2. The normalized spacial score (nSPS) is 23.0. The van der Waals surface area contributed by atoms with Crippen molar-refractivity contribution < 1.29 is 0 Å². The van der Waals surface area contributed by atoms with E-state index in [1.807, 2.05) is 0 Å². The molecule has 1 aromatic heterocycles. The minimum Gasteiger partial charge on any atom is -0.361 e. The maximum absolute atomic E-state index is 5.07. The molecular weight excluding hydrogens is 330 g/mol. The summed E-state index contributed by atoms with van der Waals surface area (Å²) in [5.41, 5.74) is 2.80. The lowest BCUT2D eigenvalue weighted by Crippen LogP contribution is -2.59. The lowest BCUT2D eigenvalue weighted by Gasteiger charge is -2.55. The summed E-state index contributed by atoms with van der Waals surface area (Å²) in [6.45, 7) is 14.3. The van der Waals surface area contributed by atoms with Crippen LogP contribution in [0, 0.1) is 5.92 Å². The Morgan fingerprint density at radius 2 is 1.59 bits per heavy atom. The molecule has 146 valence electrons. The zero-order chi connectivity index (χ0) is 19.2. The van der Waals surface area contributed by atoms with E-state index in [-0.39, 0.29) is 11.1 Å². The van der Waals surface area contributed by atoms with Gasteiger partial charge in [-0.2, -0.15) is 0 Å². The van der Waals surface area contributed by atoms with Gasteiger partial charge in [0.05, 0.1) is 11.2 Å². The molecular formula is C24H35N3. The minimum absolute atomic E-state index is 0.152. The maximum atomic E-state index is 5.07. The molecule has 0 atom stereocenters. The zero-order valence-corrected chi connectivity index (χ0v) is 17.8. The fraction of sp³-hybridized carbons (Fsp3) is 0.625. The van der Waals surface area contributed by atoms with Crippen LogP contribution in [0.2, 0.25) is 0 Å². The monoisotopic (exact) mass is 365 g/mol. The van der Waals surface area contributed by atoms with E-state index in [1.54, 1.807) is 0 Å². The van der Waals surface area contributed by atoms with Crippen LogP contribution in [0.4, 0.5) is 11.5 Å². The fourth-order valence-electron chi connectivity index (χ4n) is 5.38. The van der Waals surface area contributed by atoms with Crippen molar-refractivity contribution in [1.82, 2.24) is 4.98 Å². The van der Waals surface area contributed by atoms with E-state index in [1.165, 1.54) is 43.2 Å². The summed E-state index contributed by atoms with van der Waals surface area (Å²) in [6, 6.07) is 11.1. The van der Waals surface area contributed by atoms with Crippen LogP contribution in [0.5, 0.6) is 0 Å². The Bertz CT molecular complexity index is 799. The molecule has 0 unspecified atom stereocenters. The summed E-state index contributed by atoms with van der Waals surface area (Å²) in [7, 11) is 0. The third-order valence-electron chi connectivity index (χ3n) is 6.82. The highest BCUT2D eigenvalue weighted by molar-refractivity contribution is 5.94.